The highest BCUT2D eigenvalue weighted by molar-refractivity contribution is 5.94. The first kappa shape index (κ1) is 20.9. The number of carbonyl (C=O) groups excluding carboxylic acids is 2. The first-order chi connectivity index (χ1) is 14.5. The van der Waals surface area contributed by atoms with Crippen LogP contribution in [0.2, 0.25) is 0 Å². The molecule has 1 atom stereocenters. The van der Waals surface area contributed by atoms with E-state index in [1.165, 1.54) is 6.92 Å². The zero-order valence-corrected chi connectivity index (χ0v) is 16.9. The monoisotopic (exact) mass is 404 g/mol. The summed E-state index contributed by atoms with van der Waals surface area (Å²) in [5.74, 6) is 0.761. The average Bonchev–Trinajstić information content (AvgIpc) is 2.74. The van der Waals surface area contributed by atoms with Crippen molar-refractivity contribution < 1.29 is 19.1 Å². The molecule has 0 saturated carbocycles. The lowest BCUT2D eigenvalue weighted by molar-refractivity contribution is -0.122. The van der Waals surface area contributed by atoms with Gasteiger partial charge >= 0.3 is 0 Å². The molecule has 0 radical (unpaired) electrons. The third-order valence-electron chi connectivity index (χ3n) is 4.21. The van der Waals surface area contributed by atoms with Crippen LogP contribution in [0.25, 0.3) is 0 Å². The molecular weight excluding hydrogens is 380 g/mol. The lowest BCUT2D eigenvalue weighted by atomic mass is 10.2. The summed E-state index contributed by atoms with van der Waals surface area (Å²) in [5, 5.41) is 5.50. The summed E-state index contributed by atoms with van der Waals surface area (Å²) in [6.07, 6.45) is -0.716. The highest BCUT2D eigenvalue weighted by atomic mass is 16.5. The van der Waals surface area contributed by atoms with Gasteiger partial charge < -0.3 is 20.1 Å². The number of anilines is 2. The van der Waals surface area contributed by atoms with Gasteiger partial charge in [0.1, 0.15) is 18.1 Å². The van der Waals surface area contributed by atoms with E-state index in [9.17, 15) is 9.59 Å². The van der Waals surface area contributed by atoms with Crippen molar-refractivity contribution in [2.45, 2.75) is 26.6 Å². The van der Waals surface area contributed by atoms with Gasteiger partial charge in [-0.3, -0.25) is 9.59 Å². The molecule has 0 fully saturated rings. The first-order valence-corrected chi connectivity index (χ1v) is 9.61. The molecule has 3 aromatic rings. The summed E-state index contributed by atoms with van der Waals surface area (Å²) >= 11 is 0. The molecule has 0 spiro atoms. The van der Waals surface area contributed by atoms with Gasteiger partial charge in [-0.05, 0) is 48.9 Å². The Morgan fingerprint density at radius 3 is 2.27 bits per heavy atom. The number of rotatable bonds is 8. The zero-order valence-electron chi connectivity index (χ0n) is 16.9. The molecule has 2 amide bonds. The van der Waals surface area contributed by atoms with Gasteiger partial charge in [-0.15, -0.1) is 0 Å². The second-order valence-corrected chi connectivity index (χ2v) is 6.76. The fourth-order valence-electron chi connectivity index (χ4n) is 2.73. The second kappa shape index (κ2) is 10.1. The lowest BCUT2D eigenvalue weighted by Crippen LogP contribution is -2.30. The number of hydrogen-bond donors (Lipinski definition) is 2. The third kappa shape index (κ3) is 6.38. The molecule has 6 nitrogen and oxygen atoms in total. The van der Waals surface area contributed by atoms with Crippen LogP contribution < -0.4 is 20.1 Å². The van der Waals surface area contributed by atoms with Crippen molar-refractivity contribution >= 4 is 23.2 Å². The molecule has 2 N–H and O–H groups in total. The first-order valence-electron chi connectivity index (χ1n) is 9.61. The number of carbonyl (C=O) groups is 2. The molecule has 0 aliphatic heterocycles. The molecule has 0 heterocycles. The van der Waals surface area contributed by atoms with Gasteiger partial charge in [-0.2, -0.15) is 0 Å². The molecule has 3 aromatic carbocycles. The van der Waals surface area contributed by atoms with Crippen molar-refractivity contribution in [3.05, 3.63) is 84.4 Å². The Bertz CT molecular complexity index is 988. The topological polar surface area (TPSA) is 76.7 Å². The summed E-state index contributed by atoms with van der Waals surface area (Å²) < 4.78 is 11.4. The number of hydrogen-bond acceptors (Lipinski definition) is 4. The molecule has 0 aliphatic rings. The van der Waals surface area contributed by atoms with Crippen LogP contribution >= 0.6 is 0 Å². The third-order valence-corrected chi connectivity index (χ3v) is 4.21. The fourth-order valence-corrected chi connectivity index (χ4v) is 2.73. The Balaban J connectivity index is 1.52. The summed E-state index contributed by atoms with van der Waals surface area (Å²) in [4.78, 5) is 23.6. The Labute approximate surface area is 175 Å². The quantitative estimate of drug-likeness (QED) is 0.574. The molecule has 30 heavy (non-hydrogen) atoms. The normalized spacial score (nSPS) is 11.3. The summed E-state index contributed by atoms with van der Waals surface area (Å²) in [5.41, 5.74) is 2.34. The minimum Gasteiger partial charge on any atom is -0.489 e. The van der Waals surface area contributed by atoms with E-state index >= 15 is 0 Å². The lowest BCUT2D eigenvalue weighted by Gasteiger charge is -2.16. The molecule has 0 bridgehead atoms. The summed E-state index contributed by atoms with van der Waals surface area (Å²) in [6, 6.07) is 24.0. The maximum Gasteiger partial charge on any atom is 0.265 e. The molecule has 6 heteroatoms. The van der Waals surface area contributed by atoms with Crippen molar-refractivity contribution in [3.8, 4) is 11.5 Å². The van der Waals surface area contributed by atoms with E-state index < -0.39 is 6.10 Å². The summed E-state index contributed by atoms with van der Waals surface area (Å²) in [6.45, 7) is 3.58. The van der Waals surface area contributed by atoms with Gasteiger partial charge in [-0.1, -0.05) is 36.4 Å². The van der Waals surface area contributed by atoms with E-state index in [1.807, 2.05) is 30.3 Å². The van der Waals surface area contributed by atoms with Crippen LogP contribution in [0, 0.1) is 0 Å². The van der Waals surface area contributed by atoms with Crippen molar-refractivity contribution in [1.29, 1.82) is 0 Å². The van der Waals surface area contributed by atoms with Gasteiger partial charge in [0.05, 0.1) is 0 Å². The van der Waals surface area contributed by atoms with Gasteiger partial charge in [0.15, 0.2) is 6.10 Å². The molecule has 0 unspecified atom stereocenters. The maximum atomic E-state index is 12.4. The van der Waals surface area contributed by atoms with E-state index in [0.717, 1.165) is 11.3 Å². The maximum absolute atomic E-state index is 12.4. The van der Waals surface area contributed by atoms with E-state index in [-0.39, 0.29) is 11.8 Å². The minimum atomic E-state index is -0.716. The van der Waals surface area contributed by atoms with Crippen LogP contribution in [0.3, 0.4) is 0 Å². The van der Waals surface area contributed by atoms with Crippen molar-refractivity contribution in [2.24, 2.45) is 0 Å². The molecule has 0 aromatic heterocycles. The van der Waals surface area contributed by atoms with Crippen molar-refractivity contribution in [3.63, 3.8) is 0 Å². The number of nitrogens with one attached hydrogen (secondary N) is 2. The molecule has 0 saturated heterocycles. The SMILES string of the molecule is CC(=O)Nc1cccc(O[C@@H](C)C(=O)Nc2ccc(OCc3ccccc3)cc2)c1. The van der Waals surface area contributed by atoms with Crippen molar-refractivity contribution in [2.75, 3.05) is 10.6 Å². The highest BCUT2D eigenvalue weighted by Gasteiger charge is 2.15. The van der Waals surface area contributed by atoms with Gasteiger partial charge in [0.25, 0.3) is 5.91 Å². The molecule has 3 rings (SSSR count). The van der Waals surface area contributed by atoms with E-state index in [0.29, 0.717) is 23.7 Å². The average molecular weight is 404 g/mol. The van der Waals surface area contributed by atoms with E-state index in [4.69, 9.17) is 9.47 Å². The number of benzene rings is 3. The van der Waals surface area contributed by atoms with Gasteiger partial charge in [0, 0.05) is 24.4 Å². The largest absolute Gasteiger partial charge is 0.489 e. The Kier molecular flexibility index (Phi) is 7.05. The Morgan fingerprint density at radius 2 is 1.57 bits per heavy atom. The summed E-state index contributed by atoms with van der Waals surface area (Å²) in [7, 11) is 0. The number of amides is 2. The molecule has 154 valence electrons. The van der Waals surface area contributed by atoms with Crippen LogP contribution in [0.4, 0.5) is 11.4 Å². The molecular formula is C24H24N2O4. The van der Waals surface area contributed by atoms with Crippen molar-refractivity contribution in [1.82, 2.24) is 0 Å². The predicted octanol–water partition coefficient (Wildman–Crippen LogP) is 4.63. The second-order valence-electron chi connectivity index (χ2n) is 6.76. The minimum absolute atomic E-state index is 0.172. The fraction of sp³-hybridized carbons (Fsp3) is 0.167. The Hall–Kier alpha value is -3.80. The predicted molar refractivity (Wildman–Crippen MR) is 117 cm³/mol. The smallest absolute Gasteiger partial charge is 0.265 e. The highest BCUT2D eigenvalue weighted by Crippen LogP contribution is 2.20. The van der Waals surface area contributed by atoms with Crippen LogP contribution in [-0.4, -0.2) is 17.9 Å². The van der Waals surface area contributed by atoms with Crippen LogP contribution in [0.1, 0.15) is 19.4 Å². The van der Waals surface area contributed by atoms with Gasteiger partial charge in [0.2, 0.25) is 5.91 Å². The zero-order chi connectivity index (χ0) is 21.3. The molecule has 0 aliphatic carbocycles. The number of ether oxygens (including phenoxy) is 2. The van der Waals surface area contributed by atoms with Crippen LogP contribution in [0.15, 0.2) is 78.9 Å². The Morgan fingerprint density at radius 1 is 0.833 bits per heavy atom. The van der Waals surface area contributed by atoms with Crippen LogP contribution in [-0.2, 0) is 16.2 Å². The van der Waals surface area contributed by atoms with Gasteiger partial charge in [-0.25, -0.2) is 0 Å². The van der Waals surface area contributed by atoms with E-state index in [1.54, 1.807) is 55.5 Å². The van der Waals surface area contributed by atoms with Crippen LogP contribution in [0.5, 0.6) is 11.5 Å². The van der Waals surface area contributed by atoms with E-state index in [2.05, 4.69) is 10.6 Å². The standard InChI is InChI=1S/C24H24N2O4/c1-17(30-23-10-6-9-21(15-23)25-18(2)27)24(28)26-20-11-13-22(14-12-20)29-16-19-7-4-3-5-8-19/h3-15,17H,16H2,1-2H3,(H,25,27)(H,26,28)/t17-/m0/s1.